The summed E-state index contributed by atoms with van der Waals surface area (Å²) in [6, 6.07) is 2.53. The first-order valence-corrected chi connectivity index (χ1v) is 7.98. The van der Waals surface area contributed by atoms with Crippen molar-refractivity contribution in [2.75, 3.05) is 19.7 Å². The molecule has 4 nitrogen and oxygen atoms in total. The van der Waals surface area contributed by atoms with Gasteiger partial charge in [-0.1, -0.05) is 20.8 Å². The number of aromatic nitrogens is 1. The highest BCUT2D eigenvalue weighted by molar-refractivity contribution is 7.09. The molecule has 0 N–H and O–H groups in total. The fourth-order valence-corrected chi connectivity index (χ4v) is 3.34. The first-order valence-electron chi connectivity index (χ1n) is 7.10. The van der Waals surface area contributed by atoms with Gasteiger partial charge < -0.3 is 4.74 Å². The Bertz CT molecular complexity index is 486. The molecular formula is C15H23N3OS. The monoisotopic (exact) mass is 293 g/mol. The number of rotatable bonds is 3. The zero-order chi connectivity index (χ0) is 14.8. The normalized spacial score (nSPS) is 22.4. The Morgan fingerprint density at radius 1 is 1.60 bits per heavy atom. The molecule has 1 aromatic rings. The van der Waals surface area contributed by atoms with Gasteiger partial charge >= 0.3 is 0 Å². The van der Waals surface area contributed by atoms with E-state index in [1.807, 2.05) is 0 Å². The molecule has 0 unspecified atom stereocenters. The highest BCUT2D eigenvalue weighted by atomic mass is 32.1. The van der Waals surface area contributed by atoms with Crippen LogP contribution in [0.25, 0.3) is 0 Å². The molecule has 2 heterocycles. The molecule has 1 fully saturated rings. The maximum absolute atomic E-state index is 8.82. The number of nitrogens with zero attached hydrogens (tertiary/aromatic N) is 3. The Kier molecular flexibility index (Phi) is 4.79. The molecule has 1 aliphatic heterocycles. The van der Waals surface area contributed by atoms with Gasteiger partial charge in [0.25, 0.3) is 0 Å². The molecule has 1 aromatic heterocycles. The van der Waals surface area contributed by atoms with Crippen LogP contribution in [-0.2, 0) is 10.2 Å². The van der Waals surface area contributed by atoms with Gasteiger partial charge in [0, 0.05) is 29.9 Å². The van der Waals surface area contributed by atoms with Gasteiger partial charge in [-0.25, -0.2) is 4.98 Å². The summed E-state index contributed by atoms with van der Waals surface area (Å²) in [5.41, 5.74) is 1.21. The third kappa shape index (κ3) is 3.57. The van der Waals surface area contributed by atoms with E-state index in [2.05, 4.69) is 44.0 Å². The van der Waals surface area contributed by atoms with Crippen molar-refractivity contribution in [1.29, 1.82) is 5.26 Å². The van der Waals surface area contributed by atoms with Crippen LogP contribution in [0.1, 0.15) is 50.9 Å². The highest BCUT2D eigenvalue weighted by Gasteiger charge is 2.28. The van der Waals surface area contributed by atoms with Crippen molar-refractivity contribution in [2.24, 2.45) is 0 Å². The maximum Gasteiger partial charge on any atom is 0.123 e. The number of morpholine rings is 1. The topological polar surface area (TPSA) is 49.2 Å². The molecule has 20 heavy (non-hydrogen) atoms. The highest BCUT2D eigenvalue weighted by Crippen LogP contribution is 2.30. The summed E-state index contributed by atoms with van der Waals surface area (Å²) in [6.07, 6.45) is 0.615. The van der Waals surface area contributed by atoms with Crippen LogP contribution in [0.5, 0.6) is 0 Å². The lowest BCUT2D eigenvalue weighted by atomic mass is 9.93. The van der Waals surface area contributed by atoms with E-state index in [0.717, 1.165) is 23.8 Å². The second-order valence-corrected chi connectivity index (χ2v) is 7.28. The number of nitriles is 1. The molecule has 1 aliphatic rings. The first-order chi connectivity index (χ1) is 9.41. The summed E-state index contributed by atoms with van der Waals surface area (Å²) in [5, 5.41) is 12.0. The van der Waals surface area contributed by atoms with E-state index in [1.165, 1.54) is 0 Å². The van der Waals surface area contributed by atoms with Gasteiger partial charge in [-0.15, -0.1) is 11.3 Å². The zero-order valence-electron chi connectivity index (χ0n) is 12.7. The van der Waals surface area contributed by atoms with E-state index in [0.29, 0.717) is 13.0 Å². The summed E-state index contributed by atoms with van der Waals surface area (Å²) >= 11 is 1.68. The van der Waals surface area contributed by atoms with Crippen LogP contribution in [-0.4, -0.2) is 35.6 Å². The quantitative estimate of drug-likeness (QED) is 0.859. The summed E-state index contributed by atoms with van der Waals surface area (Å²) in [6.45, 7) is 11.1. The summed E-state index contributed by atoms with van der Waals surface area (Å²) in [4.78, 5) is 7.08. The van der Waals surface area contributed by atoms with Crippen molar-refractivity contribution in [3.63, 3.8) is 0 Å². The second kappa shape index (κ2) is 6.21. The second-order valence-electron chi connectivity index (χ2n) is 6.39. The van der Waals surface area contributed by atoms with Gasteiger partial charge in [0.05, 0.1) is 24.8 Å². The molecule has 0 amide bonds. The fraction of sp³-hybridized carbons (Fsp3) is 0.733. The molecule has 2 rings (SSSR count). The Labute approximate surface area is 125 Å². The van der Waals surface area contributed by atoms with E-state index in [9.17, 15) is 0 Å². The van der Waals surface area contributed by atoms with Crippen LogP contribution in [0.15, 0.2) is 5.38 Å². The lowest BCUT2D eigenvalue weighted by molar-refractivity contribution is -0.0421. The average molecular weight is 293 g/mol. The van der Waals surface area contributed by atoms with E-state index < -0.39 is 0 Å². The first kappa shape index (κ1) is 15.4. The Morgan fingerprint density at radius 2 is 2.35 bits per heavy atom. The van der Waals surface area contributed by atoms with Gasteiger partial charge in [0.1, 0.15) is 11.1 Å². The van der Waals surface area contributed by atoms with Gasteiger partial charge in [-0.2, -0.15) is 5.26 Å². The number of hydrogen-bond donors (Lipinski definition) is 0. The van der Waals surface area contributed by atoms with Gasteiger partial charge in [-0.3, -0.25) is 4.90 Å². The molecule has 110 valence electrons. The Hall–Kier alpha value is -0.960. The maximum atomic E-state index is 8.82. The van der Waals surface area contributed by atoms with Crippen molar-refractivity contribution in [3.8, 4) is 6.07 Å². The molecule has 0 bridgehead atoms. The summed E-state index contributed by atoms with van der Waals surface area (Å²) in [7, 11) is 0. The van der Waals surface area contributed by atoms with Crippen LogP contribution in [0.3, 0.4) is 0 Å². The van der Waals surface area contributed by atoms with Gasteiger partial charge in [0.2, 0.25) is 0 Å². The molecule has 5 heteroatoms. The minimum Gasteiger partial charge on any atom is -0.368 e. The van der Waals surface area contributed by atoms with Crippen LogP contribution >= 0.6 is 11.3 Å². The molecule has 0 spiro atoms. The lowest BCUT2D eigenvalue weighted by Gasteiger charge is -2.35. The van der Waals surface area contributed by atoms with Crippen LogP contribution in [0.4, 0.5) is 0 Å². The number of thiazole rings is 1. The van der Waals surface area contributed by atoms with E-state index in [4.69, 9.17) is 15.0 Å². The number of hydrogen-bond acceptors (Lipinski definition) is 5. The minimum atomic E-state index is 0.0472. The van der Waals surface area contributed by atoms with Crippen molar-refractivity contribution < 1.29 is 4.74 Å². The standard InChI is InChI=1S/C15H23N3OS/c1-11(5-6-16)18-7-8-19-12(9-18)14-17-13(10-20-14)15(2,3)4/h10-12H,5,7-9H2,1-4H3/t11-,12+/m1/s1. The zero-order valence-corrected chi connectivity index (χ0v) is 13.5. The van der Waals surface area contributed by atoms with Crippen molar-refractivity contribution in [2.45, 2.75) is 51.7 Å². The van der Waals surface area contributed by atoms with E-state index in [1.54, 1.807) is 11.3 Å². The third-order valence-electron chi connectivity index (χ3n) is 3.67. The molecule has 0 saturated carbocycles. The fourth-order valence-electron chi connectivity index (χ4n) is 2.26. The van der Waals surface area contributed by atoms with Gasteiger partial charge in [0.15, 0.2) is 0 Å². The predicted octanol–water partition coefficient (Wildman–Crippen LogP) is 3.12. The Balaban J connectivity index is 2.06. The molecular weight excluding hydrogens is 270 g/mol. The predicted molar refractivity (Wildman–Crippen MR) is 80.8 cm³/mol. The SMILES string of the molecule is C[C@H](CC#N)N1CCO[C@H](c2nc(C(C)(C)C)cs2)C1. The average Bonchev–Trinajstić information content (AvgIpc) is 2.89. The third-order valence-corrected chi connectivity index (χ3v) is 4.61. The van der Waals surface area contributed by atoms with E-state index >= 15 is 0 Å². The van der Waals surface area contributed by atoms with Crippen molar-refractivity contribution >= 4 is 11.3 Å². The van der Waals surface area contributed by atoms with E-state index in [-0.39, 0.29) is 17.6 Å². The lowest BCUT2D eigenvalue weighted by Crippen LogP contribution is -2.43. The molecule has 0 aromatic carbocycles. The smallest absolute Gasteiger partial charge is 0.123 e. The molecule has 0 aliphatic carbocycles. The largest absolute Gasteiger partial charge is 0.368 e. The number of ether oxygens (including phenoxy) is 1. The molecule has 1 saturated heterocycles. The van der Waals surface area contributed by atoms with Crippen LogP contribution in [0, 0.1) is 11.3 Å². The van der Waals surface area contributed by atoms with Crippen LogP contribution in [0.2, 0.25) is 0 Å². The summed E-state index contributed by atoms with van der Waals surface area (Å²) < 4.78 is 5.87. The minimum absolute atomic E-state index is 0.0472. The van der Waals surface area contributed by atoms with Crippen LogP contribution < -0.4 is 0 Å². The van der Waals surface area contributed by atoms with Crippen molar-refractivity contribution in [3.05, 3.63) is 16.1 Å². The summed E-state index contributed by atoms with van der Waals surface area (Å²) in [5.74, 6) is 0. The van der Waals surface area contributed by atoms with Gasteiger partial charge in [-0.05, 0) is 6.92 Å². The molecule has 0 radical (unpaired) electrons. The molecule has 2 atom stereocenters. The van der Waals surface area contributed by atoms with Crippen molar-refractivity contribution in [1.82, 2.24) is 9.88 Å². The Morgan fingerprint density at radius 3 is 2.95 bits per heavy atom.